The van der Waals surface area contributed by atoms with E-state index >= 15 is 0 Å². The van der Waals surface area contributed by atoms with E-state index in [0.29, 0.717) is 4.83 Å². The molecule has 0 spiro atoms. The minimum atomic E-state index is 0.445. The van der Waals surface area contributed by atoms with Gasteiger partial charge in [-0.3, -0.25) is 0 Å². The van der Waals surface area contributed by atoms with Crippen LogP contribution in [0.2, 0.25) is 0 Å². The lowest BCUT2D eigenvalue weighted by Crippen LogP contribution is -2.16. The second-order valence-electron chi connectivity index (χ2n) is 6.32. The molecule has 0 aliphatic heterocycles. The van der Waals surface area contributed by atoms with Crippen LogP contribution < -0.4 is 4.74 Å². The molecule has 1 atom stereocenters. The molecule has 1 fully saturated rings. The summed E-state index contributed by atoms with van der Waals surface area (Å²) < 4.78 is 5.51. The monoisotopic (exact) mass is 346 g/mol. The van der Waals surface area contributed by atoms with Gasteiger partial charge >= 0.3 is 0 Å². The van der Waals surface area contributed by atoms with Crippen molar-refractivity contribution in [3.8, 4) is 5.75 Å². The second-order valence-corrected chi connectivity index (χ2v) is 7.31. The Kier molecular flexibility index (Phi) is 4.54. The van der Waals surface area contributed by atoms with Crippen LogP contribution in [-0.4, -0.2) is 7.11 Å². The zero-order valence-electron chi connectivity index (χ0n) is 12.8. The van der Waals surface area contributed by atoms with Crippen LogP contribution in [0.4, 0.5) is 0 Å². The van der Waals surface area contributed by atoms with Crippen LogP contribution in [0.3, 0.4) is 0 Å². The van der Waals surface area contributed by atoms with E-state index in [1.54, 1.807) is 7.11 Å². The maximum Gasteiger partial charge on any atom is 0.126 e. The lowest BCUT2D eigenvalue weighted by Gasteiger charge is -2.30. The Morgan fingerprint density at radius 3 is 2.33 bits per heavy atom. The third kappa shape index (κ3) is 2.96. The van der Waals surface area contributed by atoms with E-state index in [2.05, 4.69) is 59.3 Å². The van der Waals surface area contributed by atoms with Gasteiger partial charge in [-0.2, -0.15) is 0 Å². The summed E-state index contributed by atoms with van der Waals surface area (Å²) in [5.74, 6) is 2.61. The van der Waals surface area contributed by atoms with Gasteiger partial charge in [0.25, 0.3) is 0 Å². The third-order valence-corrected chi connectivity index (χ3v) is 6.15. The van der Waals surface area contributed by atoms with E-state index in [1.807, 2.05) is 0 Å². The van der Waals surface area contributed by atoms with Gasteiger partial charge < -0.3 is 4.74 Å². The maximum absolute atomic E-state index is 5.51. The van der Waals surface area contributed by atoms with E-state index < -0.39 is 0 Å². The Hall–Kier alpha value is -1.02. The molecule has 2 aromatic rings. The Morgan fingerprint density at radius 1 is 1.00 bits per heavy atom. The normalized spacial score (nSPS) is 24.0. The fraction of sp³-hybridized carbons (Fsp3) is 0.474. The number of hydrogen-bond donors (Lipinski definition) is 0. The van der Waals surface area contributed by atoms with Crippen LogP contribution in [-0.2, 0) is 0 Å². The summed E-state index contributed by atoms with van der Waals surface area (Å²) in [5, 5.41) is 2.53. The minimum absolute atomic E-state index is 0.445. The molecule has 1 nitrogen and oxygen atoms in total. The molecule has 1 aliphatic rings. The van der Waals surface area contributed by atoms with Crippen LogP contribution in [0.15, 0.2) is 36.4 Å². The molecule has 0 aromatic heterocycles. The predicted octanol–water partition coefficient (Wildman–Crippen LogP) is 6.11. The van der Waals surface area contributed by atoms with Crippen molar-refractivity contribution < 1.29 is 4.74 Å². The topological polar surface area (TPSA) is 9.23 Å². The van der Waals surface area contributed by atoms with Crippen LogP contribution in [0.25, 0.3) is 10.8 Å². The van der Waals surface area contributed by atoms with Gasteiger partial charge in [-0.25, -0.2) is 0 Å². The first-order chi connectivity index (χ1) is 10.2. The molecule has 2 aromatic carbocycles. The number of ether oxygens (including phenoxy) is 1. The third-order valence-electron chi connectivity index (χ3n) is 4.91. The molecule has 1 saturated carbocycles. The Morgan fingerprint density at radius 2 is 1.67 bits per heavy atom. The first-order valence-corrected chi connectivity index (χ1v) is 8.82. The molecule has 3 rings (SSSR count). The summed E-state index contributed by atoms with van der Waals surface area (Å²) in [6.07, 6.45) is 5.39. The number of alkyl halides is 1. The van der Waals surface area contributed by atoms with E-state index in [0.717, 1.165) is 17.6 Å². The van der Waals surface area contributed by atoms with Gasteiger partial charge in [0.15, 0.2) is 0 Å². The maximum atomic E-state index is 5.51. The highest BCUT2D eigenvalue weighted by molar-refractivity contribution is 9.09. The van der Waals surface area contributed by atoms with Gasteiger partial charge in [0.05, 0.1) is 7.11 Å². The van der Waals surface area contributed by atoms with Crippen LogP contribution >= 0.6 is 15.9 Å². The predicted molar refractivity (Wildman–Crippen MR) is 93.3 cm³/mol. The van der Waals surface area contributed by atoms with E-state index in [4.69, 9.17) is 4.74 Å². The summed E-state index contributed by atoms with van der Waals surface area (Å²) in [4.78, 5) is 0.445. The SMILES string of the molecule is COc1ccc(C(Br)C2CCC(C)CC2)c2ccccc12. The first-order valence-electron chi connectivity index (χ1n) is 7.90. The molecule has 0 N–H and O–H groups in total. The number of hydrogen-bond acceptors (Lipinski definition) is 1. The van der Waals surface area contributed by atoms with Crippen molar-refractivity contribution in [2.75, 3.05) is 7.11 Å². The summed E-state index contributed by atoms with van der Waals surface area (Å²) in [7, 11) is 1.75. The van der Waals surface area contributed by atoms with Gasteiger partial charge in [-0.15, -0.1) is 0 Å². The lowest BCUT2D eigenvalue weighted by atomic mass is 9.79. The zero-order valence-corrected chi connectivity index (χ0v) is 14.4. The van der Waals surface area contributed by atoms with Crippen LogP contribution in [0.5, 0.6) is 5.75 Å². The van der Waals surface area contributed by atoms with Crippen molar-refractivity contribution >= 4 is 26.7 Å². The van der Waals surface area contributed by atoms with Crippen LogP contribution in [0, 0.1) is 11.8 Å². The molecular formula is C19H23BrO. The molecule has 0 amide bonds. The molecule has 0 radical (unpaired) electrons. The standard InChI is InChI=1S/C19H23BrO/c1-13-7-9-14(10-8-13)19(20)17-11-12-18(21-2)16-6-4-3-5-15(16)17/h3-6,11-14,19H,7-10H2,1-2H3. The molecule has 0 saturated heterocycles. The van der Waals surface area contributed by atoms with Gasteiger partial charge in [-0.05, 0) is 41.7 Å². The van der Waals surface area contributed by atoms with Gasteiger partial charge in [0.1, 0.15) is 5.75 Å². The van der Waals surface area contributed by atoms with Crippen LogP contribution in [0.1, 0.15) is 43.0 Å². The number of halogens is 1. The van der Waals surface area contributed by atoms with Crippen molar-refractivity contribution in [1.82, 2.24) is 0 Å². The molecule has 0 heterocycles. The molecule has 112 valence electrons. The molecule has 21 heavy (non-hydrogen) atoms. The highest BCUT2D eigenvalue weighted by Crippen LogP contribution is 2.44. The Bertz CT molecular complexity index is 614. The van der Waals surface area contributed by atoms with E-state index in [9.17, 15) is 0 Å². The van der Waals surface area contributed by atoms with Crippen molar-refractivity contribution in [3.05, 3.63) is 42.0 Å². The summed E-state index contributed by atoms with van der Waals surface area (Å²) in [6, 6.07) is 12.9. The summed E-state index contributed by atoms with van der Waals surface area (Å²) >= 11 is 3.99. The van der Waals surface area contributed by atoms with Gasteiger partial charge in [0.2, 0.25) is 0 Å². The molecule has 0 bridgehead atoms. The summed E-state index contributed by atoms with van der Waals surface area (Å²) in [5.41, 5.74) is 1.41. The second kappa shape index (κ2) is 6.39. The van der Waals surface area contributed by atoms with Crippen molar-refractivity contribution in [2.45, 2.75) is 37.4 Å². The van der Waals surface area contributed by atoms with Crippen molar-refractivity contribution in [3.63, 3.8) is 0 Å². The fourth-order valence-electron chi connectivity index (χ4n) is 3.55. The largest absolute Gasteiger partial charge is 0.496 e. The number of methoxy groups -OCH3 is 1. The molecule has 2 heteroatoms. The average Bonchev–Trinajstić information content (AvgIpc) is 2.54. The number of fused-ring (bicyclic) bond motifs is 1. The highest BCUT2D eigenvalue weighted by Gasteiger charge is 2.26. The molecule has 1 unspecified atom stereocenters. The molecular weight excluding hydrogens is 324 g/mol. The van der Waals surface area contributed by atoms with Crippen molar-refractivity contribution in [1.29, 1.82) is 0 Å². The zero-order chi connectivity index (χ0) is 14.8. The van der Waals surface area contributed by atoms with Crippen molar-refractivity contribution in [2.24, 2.45) is 11.8 Å². The summed E-state index contributed by atoms with van der Waals surface area (Å²) in [6.45, 7) is 2.38. The lowest BCUT2D eigenvalue weighted by molar-refractivity contribution is 0.288. The average molecular weight is 347 g/mol. The highest BCUT2D eigenvalue weighted by atomic mass is 79.9. The Balaban J connectivity index is 1.96. The number of rotatable bonds is 3. The van der Waals surface area contributed by atoms with Gasteiger partial charge in [-0.1, -0.05) is 66.0 Å². The van der Waals surface area contributed by atoms with E-state index in [1.165, 1.54) is 42.0 Å². The Labute approximate surface area is 135 Å². The molecule has 1 aliphatic carbocycles. The van der Waals surface area contributed by atoms with Gasteiger partial charge in [0, 0.05) is 10.2 Å². The van der Waals surface area contributed by atoms with E-state index in [-0.39, 0.29) is 0 Å². The fourth-order valence-corrected chi connectivity index (χ4v) is 4.47. The minimum Gasteiger partial charge on any atom is -0.496 e. The number of benzene rings is 2. The smallest absolute Gasteiger partial charge is 0.126 e. The quantitative estimate of drug-likeness (QED) is 0.609. The first kappa shape index (κ1) is 14.9.